The quantitative estimate of drug-likeness (QED) is 0.353. The molecule has 0 aromatic heterocycles. The Morgan fingerprint density at radius 2 is 2.18 bits per heavy atom. The van der Waals surface area contributed by atoms with Gasteiger partial charge >= 0.3 is 0 Å². The summed E-state index contributed by atoms with van der Waals surface area (Å²) in [6.45, 7) is 3.11. The van der Waals surface area contributed by atoms with Crippen LogP contribution < -0.4 is 20.3 Å². The van der Waals surface area contributed by atoms with Crippen LogP contribution in [0.15, 0.2) is 29.3 Å². The first-order valence-electron chi connectivity index (χ1n) is 9.53. The van der Waals surface area contributed by atoms with E-state index in [1.54, 1.807) is 14.2 Å². The van der Waals surface area contributed by atoms with Gasteiger partial charge in [0.15, 0.2) is 5.96 Å². The molecule has 1 fully saturated rings. The normalized spacial score (nSPS) is 18.0. The molecule has 1 saturated heterocycles. The second-order valence-electron chi connectivity index (χ2n) is 6.87. The lowest BCUT2D eigenvalue weighted by molar-refractivity contribution is 0.154. The number of aliphatic imine (C=N–C) groups is 1. The van der Waals surface area contributed by atoms with Crippen LogP contribution in [-0.4, -0.2) is 79.4 Å². The van der Waals surface area contributed by atoms with Crippen LogP contribution in [0.25, 0.3) is 0 Å². The van der Waals surface area contributed by atoms with Gasteiger partial charge in [0.25, 0.3) is 0 Å². The van der Waals surface area contributed by atoms with E-state index >= 15 is 0 Å². The maximum absolute atomic E-state index is 11.1. The predicted octanol–water partition coefficient (Wildman–Crippen LogP) is 0.890. The van der Waals surface area contributed by atoms with Gasteiger partial charge in [-0.25, -0.2) is 8.42 Å². The van der Waals surface area contributed by atoms with E-state index in [4.69, 9.17) is 9.47 Å². The fraction of sp³-hybridized carbons (Fsp3) is 0.632. The molecule has 1 atom stereocenters. The number of hydrogen-bond donors (Lipinski definition) is 2. The molecule has 1 aromatic carbocycles. The van der Waals surface area contributed by atoms with Crippen molar-refractivity contribution >= 4 is 21.5 Å². The van der Waals surface area contributed by atoms with Crippen LogP contribution in [0.1, 0.15) is 12.8 Å². The van der Waals surface area contributed by atoms with Gasteiger partial charge < -0.3 is 25.0 Å². The Labute approximate surface area is 168 Å². The van der Waals surface area contributed by atoms with Crippen LogP contribution in [0.2, 0.25) is 0 Å². The number of hydrogen-bond acceptors (Lipinski definition) is 6. The summed E-state index contributed by atoms with van der Waals surface area (Å²) in [6, 6.07) is 8.41. The first-order valence-corrected chi connectivity index (χ1v) is 11.6. The number of benzene rings is 1. The van der Waals surface area contributed by atoms with E-state index in [1.165, 1.54) is 6.26 Å². The molecule has 28 heavy (non-hydrogen) atoms. The topological polar surface area (TPSA) is 92.3 Å². The van der Waals surface area contributed by atoms with Crippen molar-refractivity contribution in [2.24, 2.45) is 4.99 Å². The van der Waals surface area contributed by atoms with Crippen LogP contribution >= 0.6 is 0 Å². The lowest BCUT2D eigenvalue weighted by atomic mass is 10.0. The SMILES string of the molecule is CN=C(NCCOCCS(C)(=O)=O)NC1CCCN(c2cccc(OC)c2)C1. The third kappa shape index (κ3) is 7.93. The fourth-order valence-corrected chi connectivity index (χ4v) is 3.50. The smallest absolute Gasteiger partial charge is 0.191 e. The molecular weight excluding hydrogens is 380 g/mol. The Hall–Kier alpha value is -2.00. The van der Waals surface area contributed by atoms with Crippen LogP contribution in [0.4, 0.5) is 5.69 Å². The van der Waals surface area contributed by atoms with Crippen molar-refractivity contribution in [3.63, 3.8) is 0 Å². The van der Waals surface area contributed by atoms with Gasteiger partial charge in [-0.1, -0.05) is 6.07 Å². The Bertz CT molecular complexity index is 739. The van der Waals surface area contributed by atoms with Crippen LogP contribution in [0.5, 0.6) is 5.75 Å². The van der Waals surface area contributed by atoms with Gasteiger partial charge in [0.2, 0.25) is 0 Å². The predicted molar refractivity (Wildman–Crippen MR) is 113 cm³/mol. The second-order valence-corrected chi connectivity index (χ2v) is 9.13. The number of nitrogens with one attached hydrogen (secondary N) is 2. The first kappa shape index (κ1) is 22.3. The van der Waals surface area contributed by atoms with Gasteiger partial charge in [-0.2, -0.15) is 0 Å². The average molecular weight is 413 g/mol. The van der Waals surface area contributed by atoms with Gasteiger partial charge in [0.05, 0.1) is 26.1 Å². The number of methoxy groups -OCH3 is 1. The molecule has 0 radical (unpaired) electrons. The summed E-state index contributed by atoms with van der Waals surface area (Å²) in [5, 5.41) is 6.68. The monoisotopic (exact) mass is 412 g/mol. The van der Waals surface area contributed by atoms with Crippen molar-refractivity contribution < 1.29 is 17.9 Å². The molecule has 1 heterocycles. The van der Waals surface area contributed by atoms with E-state index < -0.39 is 9.84 Å². The lowest BCUT2D eigenvalue weighted by Gasteiger charge is -2.35. The van der Waals surface area contributed by atoms with Gasteiger partial charge in [-0.15, -0.1) is 0 Å². The summed E-state index contributed by atoms with van der Waals surface area (Å²) in [4.78, 5) is 6.62. The highest BCUT2D eigenvalue weighted by Gasteiger charge is 2.21. The molecule has 0 aliphatic carbocycles. The van der Waals surface area contributed by atoms with Gasteiger partial charge in [-0.3, -0.25) is 4.99 Å². The molecule has 2 rings (SSSR count). The second kappa shape index (κ2) is 11.1. The first-order chi connectivity index (χ1) is 13.4. The van der Waals surface area contributed by atoms with Gasteiger partial charge in [0, 0.05) is 50.7 Å². The Morgan fingerprint density at radius 1 is 1.36 bits per heavy atom. The van der Waals surface area contributed by atoms with Crippen molar-refractivity contribution in [2.45, 2.75) is 18.9 Å². The van der Waals surface area contributed by atoms with Crippen LogP contribution in [0, 0.1) is 0 Å². The molecule has 0 bridgehead atoms. The van der Waals surface area contributed by atoms with Crippen LogP contribution in [-0.2, 0) is 14.6 Å². The maximum atomic E-state index is 11.1. The van der Waals surface area contributed by atoms with E-state index in [9.17, 15) is 8.42 Å². The van der Waals surface area contributed by atoms with E-state index in [-0.39, 0.29) is 18.4 Å². The van der Waals surface area contributed by atoms with Crippen molar-refractivity contribution in [1.29, 1.82) is 0 Å². The van der Waals surface area contributed by atoms with Crippen molar-refractivity contribution in [3.05, 3.63) is 24.3 Å². The number of rotatable bonds is 9. The Balaban J connectivity index is 1.76. The summed E-state index contributed by atoms with van der Waals surface area (Å²) in [6.07, 6.45) is 3.38. The molecule has 158 valence electrons. The molecule has 1 aliphatic rings. The molecular formula is C19H32N4O4S. The van der Waals surface area contributed by atoms with E-state index in [0.717, 1.165) is 43.3 Å². The minimum absolute atomic E-state index is 0.0438. The van der Waals surface area contributed by atoms with E-state index in [1.807, 2.05) is 12.1 Å². The average Bonchev–Trinajstić information content (AvgIpc) is 2.69. The summed E-state index contributed by atoms with van der Waals surface area (Å²) in [5.74, 6) is 1.63. The van der Waals surface area contributed by atoms with Crippen molar-refractivity contribution in [3.8, 4) is 5.75 Å². The molecule has 9 heteroatoms. The molecule has 0 amide bonds. The summed E-state index contributed by atoms with van der Waals surface area (Å²) in [7, 11) is 0.441. The van der Waals surface area contributed by atoms with Crippen molar-refractivity contribution in [2.75, 3.05) is 63.9 Å². The molecule has 2 N–H and O–H groups in total. The number of guanidine groups is 1. The molecule has 0 spiro atoms. The highest BCUT2D eigenvalue weighted by atomic mass is 32.2. The lowest BCUT2D eigenvalue weighted by Crippen LogP contribution is -2.51. The molecule has 0 saturated carbocycles. The number of piperidine rings is 1. The standard InChI is InChI=1S/C19H32N4O4S/c1-20-19(21-9-11-27-12-13-28(3,24)25)22-16-6-5-10-23(15-16)17-7-4-8-18(14-17)26-2/h4,7-8,14,16H,5-6,9-13,15H2,1-3H3,(H2,20,21,22). The highest BCUT2D eigenvalue weighted by Crippen LogP contribution is 2.24. The van der Waals surface area contributed by atoms with Crippen LogP contribution in [0.3, 0.4) is 0 Å². The molecule has 1 unspecified atom stereocenters. The minimum Gasteiger partial charge on any atom is -0.497 e. The summed E-state index contributed by atoms with van der Waals surface area (Å²) >= 11 is 0. The summed E-state index contributed by atoms with van der Waals surface area (Å²) < 4.78 is 32.8. The fourth-order valence-electron chi connectivity index (χ4n) is 3.08. The zero-order chi connectivity index (χ0) is 20.4. The molecule has 1 aliphatic heterocycles. The third-order valence-electron chi connectivity index (χ3n) is 4.54. The van der Waals surface area contributed by atoms with Crippen molar-refractivity contribution in [1.82, 2.24) is 10.6 Å². The largest absolute Gasteiger partial charge is 0.497 e. The number of anilines is 1. The zero-order valence-electron chi connectivity index (χ0n) is 17.0. The van der Waals surface area contributed by atoms with E-state index in [2.05, 4.69) is 32.7 Å². The molecule has 8 nitrogen and oxygen atoms in total. The zero-order valence-corrected chi connectivity index (χ0v) is 17.8. The number of ether oxygens (including phenoxy) is 2. The third-order valence-corrected chi connectivity index (χ3v) is 5.45. The minimum atomic E-state index is -2.98. The number of nitrogens with zero attached hydrogens (tertiary/aromatic N) is 2. The highest BCUT2D eigenvalue weighted by molar-refractivity contribution is 7.90. The van der Waals surface area contributed by atoms with E-state index in [0.29, 0.717) is 13.2 Å². The van der Waals surface area contributed by atoms with Gasteiger partial charge in [-0.05, 0) is 25.0 Å². The Morgan fingerprint density at radius 3 is 2.89 bits per heavy atom. The Kier molecular flexibility index (Phi) is 8.85. The molecule has 1 aromatic rings. The maximum Gasteiger partial charge on any atom is 0.191 e. The van der Waals surface area contributed by atoms with Gasteiger partial charge in [0.1, 0.15) is 15.6 Å². The number of sulfone groups is 1. The summed E-state index contributed by atoms with van der Waals surface area (Å²) in [5.41, 5.74) is 1.16.